The fourth-order valence-corrected chi connectivity index (χ4v) is 2.50. The van der Waals surface area contributed by atoms with E-state index >= 15 is 0 Å². The number of rotatable bonds is 1. The summed E-state index contributed by atoms with van der Waals surface area (Å²) in [5.41, 5.74) is 2.85. The Labute approximate surface area is 109 Å². The van der Waals surface area contributed by atoms with Crippen molar-refractivity contribution in [1.82, 2.24) is 4.09 Å². The van der Waals surface area contributed by atoms with Gasteiger partial charge in [-0.2, -0.15) is 0 Å². The molecule has 1 heterocycles. The van der Waals surface area contributed by atoms with Crippen LogP contribution in [-0.2, 0) is 0 Å². The highest BCUT2D eigenvalue weighted by Crippen LogP contribution is 2.33. The maximum atomic E-state index is 6.32. The smallest absolute Gasteiger partial charge is 0.0675 e. The van der Waals surface area contributed by atoms with Crippen LogP contribution in [0.5, 0.6) is 0 Å². The van der Waals surface area contributed by atoms with Crippen molar-refractivity contribution in [2.24, 2.45) is 0 Å². The van der Waals surface area contributed by atoms with E-state index in [1.807, 2.05) is 54.6 Å². The normalized spacial score (nSPS) is 10.9. The van der Waals surface area contributed by atoms with Gasteiger partial charge < -0.3 is 0 Å². The van der Waals surface area contributed by atoms with E-state index in [0.29, 0.717) is 5.02 Å². The van der Waals surface area contributed by atoms with Crippen LogP contribution < -0.4 is 0 Å². The van der Waals surface area contributed by atoms with Crippen LogP contribution in [0.25, 0.3) is 22.2 Å². The molecule has 84 valence electrons. The summed E-state index contributed by atoms with van der Waals surface area (Å²) >= 11 is 12.5. The van der Waals surface area contributed by atoms with Gasteiger partial charge in [-0.05, 0) is 18.2 Å². The van der Waals surface area contributed by atoms with Gasteiger partial charge in [0.1, 0.15) is 0 Å². The maximum Gasteiger partial charge on any atom is 0.0675 e. The lowest BCUT2D eigenvalue weighted by molar-refractivity contribution is 1.32. The fourth-order valence-electron chi connectivity index (χ4n) is 1.97. The van der Waals surface area contributed by atoms with Gasteiger partial charge in [0.25, 0.3) is 0 Å². The Kier molecular flexibility index (Phi) is 2.58. The van der Waals surface area contributed by atoms with Crippen LogP contribution in [0.4, 0.5) is 0 Å². The lowest BCUT2D eigenvalue weighted by Gasteiger charge is -2.03. The molecule has 0 radical (unpaired) electrons. The molecule has 3 aromatic rings. The minimum Gasteiger partial charge on any atom is -0.252 e. The van der Waals surface area contributed by atoms with Crippen molar-refractivity contribution in [3.8, 4) is 11.3 Å². The van der Waals surface area contributed by atoms with Crippen LogP contribution in [-0.4, -0.2) is 4.09 Å². The number of nitrogens with zero attached hydrogens (tertiary/aromatic N) is 1. The summed E-state index contributed by atoms with van der Waals surface area (Å²) in [5, 5.41) is 1.81. The third-order valence-electron chi connectivity index (χ3n) is 2.80. The first-order valence-corrected chi connectivity index (χ1v) is 6.00. The average molecular weight is 262 g/mol. The number of hydrogen-bond acceptors (Lipinski definition) is 0. The van der Waals surface area contributed by atoms with Gasteiger partial charge in [0, 0.05) is 27.7 Å². The largest absolute Gasteiger partial charge is 0.252 e. The molecule has 0 fully saturated rings. The van der Waals surface area contributed by atoms with Crippen LogP contribution in [0.15, 0.2) is 54.6 Å². The summed E-state index contributed by atoms with van der Waals surface area (Å²) < 4.78 is 1.65. The predicted octanol–water partition coefficient (Wildman–Crippen LogP) is 4.96. The molecular weight excluding hydrogens is 253 g/mol. The lowest BCUT2D eigenvalue weighted by Crippen LogP contribution is -1.85. The van der Waals surface area contributed by atoms with E-state index in [4.69, 9.17) is 23.4 Å². The van der Waals surface area contributed by atoms with Crippen molar-refractivity contribution in [2.45, 2.75) is 0 Å². The predicted molar refractivity (Wildman–Crippen MR) is 73.6 cm³/mol. The van der Waals surface area contributed by atoms with Gasteiger partial charge in [-0.3, -0.25) is 4.09 Å². The van der Waals surface area contributed by atoms with Gasteiger partial charge in [-0.1, -0.05) is 48.0 Å². The van der Waals surface area contributed by atoms with Crippen molar-refractivity contribution in [1.29, 1.82) is 0 Å². The molecule has 0 saturated heterocycles. The first-order chi connectivity index (χ1) is 8.27. The summed E-state index contributed by atoms with van der Waals surface area (Å²) in [6, 6.07) is 17.7. The standard InChI is InChI=1S/C14H9Cl2N/c15-12-7-3-2-6-11(12)14-9-10-5-1-4-8-13(10)17(14)16/h1-9H. The topological polar surface area (TPSA) is 4.93 Å². The molecular formula is C14H9Cl2N. The summed E-state index contributed by atoms with van der Waals surface area (Å²) in [5.74, 6) is 0. The number of aromatic nitrogens is 1. The van der Waals surface area contributed by atoms with E-state index in [9.17, 15) is 0 Å². The minimum absolute atomic E-state index is 0.706. The van der Waals surface area contributed by atoms with Crippen LogP contribution in [0.2, 0.25) is 5.02 Å². The Balaban J connectivity index is 2.32. The van der Waals surface area contributed by atoms with Gasteiger partial charge in [-0.25, -0.2) is 0 Å². The van der Waals surface area contributed by atoms with Crippen LogP contribution in [0, 0.1) is 0 Å². The second kappa shape index (κ2) is 4.10. The Hall–Kier alpha value is -1.44. The molecule has 0 spiro atoms. The van der Waals surface area contributed by atoms with Crippen LogP contribution in [0.3, 0.4) is 0 Å². The van der Waals surface area contributed by atoms with Crippen LogP contribution in [0.1, 0.15) is 0 Å². The van der Waals surface area contributed by atoms with Crippen molar-refractivity contribution in [2.75, 3.05) is 0 Å². The minimum atomic E-state index is 0.706. The number of benzene rings is 2. The molecule has 0 aliphatic rings. The molecule has 1 nitrogen and oxygen atoms in total. The second-order valence-corrected chi connectivity index (χ2v) is 4.59. The average Bonchev–Trinajstić information content (AvgIpc) is 2.68. The van der Waals surface area contributed by atoms with E-state index < -0.39 is 0 Å². The highest BCUT2D eigenvalue weighted by Gasteiger charge is 2.10. The Bertz CT molecular complexity index is 686. The van der Waals surface area contributed by atoms with Gasteiger partial charge in [0.05, 0.1) is 11.2 Å². The molecule has 3 heteroatoms. The van der Waals surface area contributed by atoms with Gasteiger partial charge >= 0.3 is 0 Å². The number of hydrogen-bond donors (Lipinski definition) is 0. The third-order valence-corrected chi connectivity index (χ3v) is 3.50. The molecule has 3 rings (SSSR count). The molecule has 0 aliphatic carbocycles. The Morgan fingerprint density at radius 2 is 1.59 bits per heavy atom. The molecule has 0 amide bonds. The number of para-hydroxylation sites is 1. The molecule has 0 aliphatic heterocycles. The van der Waals surface area contributed by atoms with Gasteiger partial charge in [0.2, 0.25) is 0 Å². The number of halogens is 2. The SMILES string of the molecule is Clc1ccccc1-c1cc2ccccc2n1Cl. The summed E-state index contributed by atoms with van der Waals surface area (Å²) in [7, 11) is 0. The van der Waals surface area contributed by atoms with Gasteiger partial charge in [-0.15, -0.1) is 0 Å². The van der Waals surface area contributed by atoms with Crippen LogP contribution >= 0.6 is 23.4 Å². The molecule has 0 atom stereocenters. The monoisotopic (exact) mass is 261 g/mol. The van der Waals surface area contributed by atoms with Crippen molar-refractivity contribution >= 4 is 34.3 Å². The first-order valence-electron chi connectivity index (χ1n) is 5.29. The molecule has 0 bridgehead atoms. The van der Waals surface area contributed by atoms with Crippen molar-refractivity contribution in [3.63, 3.8) is 0 Å². The highest BCUT2D eigenvalue weighted by atomic mass is 35.5. The highest BCUT2D eigenvalue weighted by molar-refractivity contribution is 6.33. The fraction of sp³-hybridized carbons (Fsp3) is 0. The molecule has 0 saturated carbocycles. The lowest BCUT2D eigenvalue weighted by atomic mass is 10.1. The molecule has 0 N–H and O–H groups in total. The zero-order valence-electron chi connectivity index (χ0n) is 8.90. The first kappa shape index (κ1) is 10.7. The summed E-state index contributed by atoms with van der Waals surface area (Å²) in [6.07, 6.45) is 0. The van der Waals surface area contributed by atoms with E-state index in [2.05, 4.69) is 0 Å². The Morgan fingerprint density at radius 1 is 0.882 bits per heavy atom. The van der Waals surface area contributed by atoms with Crippen molar-refractivity contribution < 1.29 is 0 Å². The quantitative estimate of drug-likeness (QED) is 0.583. The van der Waals surface area contributed by atoms with E-state index in [1.54, 1.807) is 4.09 Å². The maximum absolute atomic E-state index is 6.32. The van der Waals surface area contributed by atoms with E-state index in [1.165, 1.54) is 0 Å². The molecule has 0 unspecified atom stereocenters. The zero-order chi connectivity index (χ0) is 11.8. The second-order valence-electron chi connectivity index (χ2n) is 3.85. The van der Waals surface area contributed by atoms with Gasteiger partial charge in [0.15, 0.2) is 0 Å². The number of fused-ring (bicyclic) bond motifs is 1. The van der Waals surface area contributed by atoms with E-state index in [0.717, 1.165) is 22.2 Å². The van der Waals surface area contributed by atoms with Crippen molar-refractivity contribution in [3.05, 3.63) is 59.6 Å². The molecule has 1 aromatic heterocycles. The zero-order valence-corrected chi connectivity index (χ0v) is 10.4. The summed E-state index contributed by atoms with van der Waals surface area (Å²) in [4.78, 5) is 0. The Morgan fingerprint density at radius 3 is 2.35 bits per heavy atom. The molecule has 2 aromatic carbocycles. The third kappa shape index (κ3) is 1.72. The van der Waals surface area contributed by atoms with E-state index in [-0.39, 0.29) is 0 Å². The summed E-state index contributed by atoms with van der Waals surface area (Å²) in [6.45, 7) is 0. The molecule has 17 heavy (non-hydrogen) atoms.